The summed E-state index contributed by atoms with van der Waals surface area (Å²) in [5.74, 6) is 0.756. The molecule has 1 aromatic rings. The molecule has 0 aromatic carbocycles. The first-order valence-corrected chi connectivity index (χ1v) is 10.4. The van der Waals surface area contributed by atoms with Gasteiger partial charge >= 0.3 is 6.09 Å². The summed E-state index contributed by atoms with van der Waals surface area (Å²) in [5.41, 5.74) is 0.515. The highest BCUT2D eigenvalue weighted by Gasteiger charge is 2.34. The highest BCUT2D eigenvalue weighted by molar-refractivity contribution is 5.80. The average molecular weight is 391 g/mol. The predicted octanol–water partition coefficient (Wildman–Crippen LogP) is 2.67. The number of amides is 1. The summed E-state index contributed by atoms with van der Waals surface area (Å²) in [4.78, 5) is 18.4. The lowest BCUT2D eigenvalue weighted by Gasteiger charge is -2.40. The lowest BCUT2D eigenvalue weighted by molar-refractivity contribution is 0.00701. The van der Waals surface area contributed by atoms with E-state index in [1.54, 1.807) is 4.90 Å². The zero-order valence-electron chi connectivity index (χ0n) is 17.6. The van der Waals surface area contributed by atoms with E-state index in [2.05, 4.69) is 32.6 Å². The number of likely N-dealkylation sites (tertiary alicyclic amines) is 1. The van der Waals surface area contributed by atoms with Gasteiger partial charge in [0.15, 0.2) is 5.96 Å². The largest absolute Gasteiger partial charge is 0.444 e. The Morgan fingerprint density at radius 2 is 2.04 bits per heavy atom. The van der Waals surface area contributed by atoms with E-state index in [0.717, 1.165) is 18.2 Å². The van der Waals surface area contributed by atoms with Crippen molar-refractivity contribution in [3.63, 3.8) is 0 Å². The summed E-state index contributed by atoms with van der Waals surface area (Å²) in [6.45, 7) is 10.2. The summed E-state index contributed by atoms with van der Waals surface area (Å²) in [7, 11) is 0. The molecular formula is C20H34N6O2. The van der Waals surface area contributed by atoms with E-state index < -0.39 is 5.60 Å². The van der Waals surface area contributed by atoms with Crippen molar-refractivity contribution in [3.05, 3.63) is 18.0 Å². The Hall–Kier alpha value is -2.25. The molecule has 0 spiro atoms. The summed E-state index contributed by atoms with van der Waals surface area (Å²) < 4.78 is 7.50. The van der Waals surface area contributed by atoms with E-state index in [4.69, 9.17) is 9.84 Å². The zero-order valence-corrected chi connectivity index (χ0v) is 17.6. The van der Waals surface area contributed by atoms with Gasteiger partial charge in [0, 0.05) is 25.8 Å². The van der Waals surface area contributed by atoms with Crippen LogP contribution >= 0.6 is 0 Å². The maximum atomic E-state index is 12.0. The molecule has 1 saturated carbocycles. The zero-order chi connectivity index (χ0) is 20.1. The molecule has 1 aliphatic heterocycles. The van der Waals surface area contributed by atoms with Crippen molar-refractivity contribution in [2.45, 2.75) is 77.6 Å². The third-order valence-electron chi connectivity index (χ3n) is 4.98. The highest BCUT2D eigenvalue weighted by atomic mass is 16.6. The quantitative estimate of drug-likeness (QED) is 0.597. The second-order valence-corrected chi connectivity index (χ2v) is 8.65. The summed E-state index contributed by atoms with van der Waals surface area (Å²) in [5, 5.41) is 11.3. The van der Waals surface area contributed by atoms with Crippen molar-refractivity contribution in [1.29, 1.82) is 0 Å². The molecule has 0 bridgehead atoms. The molecule has 28 heavy (non-hydrogen) atoms. The average Bonchev–Trinajstić information content (AvgIpc) is 3.24. The number of rotatable bonds is 5. The van der Waals surface area contributed by atoms with Gasteiger partial charge < -0.3 is 20.3 Å². The minimum absolute atomic E-state index is 0.182. The van der Waals surface area contributed by atoms with Crippen LogP contribution in [0.15, 0.2) is 17.3 Å². The predicted molar refractivity (Wildman–Crippen MR) is 109 cm³/mol. The van der Waals surface area contributed by atoms with E-state index in [-0.39, 0.29) is 12.1 Å². The van der Waals surface area contributed by atoms with Crippen LogP contribution in [0.1, 0.15) is 65.1 Å². The second-order valence-electron chi connectivity index (χ2n) is 8.65. The number of hydrogen-bond donors (Lipinski definition) is 2. The van der Waals surface area contributed by atoms with Gasteiger partial charge in [-0.05, 0) is 46.6 Å². The molecule has 8 heteroatoms. The Morgan fingerprint density at radius 3 is 2.68 bits per heavy atom. The monoisotopic (exact) mass is 390 g/mol. The normalized spacial score (nSPS) is 18.9. The van der Waals surface area contributed by atoms with Crippen LogP contribution in [-0.4, -0.2) is 58.0 Å². The van der Waals surface area contributed by atoms with Crippen LogP contribution in [0.4, 0.5) is 4.79 Å². The maximum absolute atomic E-state index is 12.0. The Morgan fingerprint density at radius 1 is 1.32 bits per heavy atom. The minimum Gasteiger partial charge on any atom is -0.444 e. The van der Waals surface area contributed by atoms with E-state index >= 15 is 0 Å². The van der Waals surface area contributed by atoms with E-state index in [1.165, 1.54) is 25.7 Å². The molecule has 2 heterocycles. The third kappa shape index (κ3) is 5.62. The van der Waals surface area contributed by atoms with Gasteiger partial charge in [0.1, 0.15) is 5.60 Å². The molecule has 2 aliphatic rings. The molecule has 0 unspecified atom stereocenters. The molecule has 0 atom stereocenters. The summed E-state index contributed by atoms with van der Waals surface area (Å²) >= 11 is 0. The lowest BCUT2D eigenvalue weighted by atomic mass is 10.1. The van der Waals surface area contributed by atoms with E-state index in [0.29, 0.717) is 25.7 Å². The van der Waals surface area contributed by atoms with Gasteiger partial charge in [-0.2, -0.15) is 5.10 Å². The van der Waals surface area contributed by atoms with Crippen molar-refractivity contribution >= 4 is 12.1 Å². The van der Waals surface area contributed by atoms with Crippen molar-refractivity contribution in [2.24, 2.45) is 4.99 Å². The molecule has 1 aromatic heterocycles. The number of hydrogen-bond acceptors (Lipinski definition) is 4. The lowest BCUT2D eigenvalue weighted by Crippen LogP contribution is -2.63. The van der Waals surface area contributed by atoms with Crippen molar-refractivity contribution in [1.82, 2.24) is 25.3 Å². The van der Waals surface area contributed by atoms with Gasteiger partial charge in [0.05, 0.1) is 24.3 Å². The first-order valence-electron chi connectivity index (χ1n) is 10.4. The van der Waals surface area contributed by atoms with Crippen LogP contribution in [0.2, 0.25) is 0 Å². The number of carbonyl (C=O) groups is 1. The Balaban J connectivity index is 1.48. The molecule has 1 aliphatic carbocycles. The highest BCUT2D eigenvalue weighted by Crippen LogP contribution is 2.28. The topological polar surface area (TPSA) is 83.8 Å². The number of guanidine groups is 1. The molecule has 156 valence electrons. The number of carbonyl (C=O) groups excluding carboxylic acids is 1. The Bertz CT molecular complexity index is 681. The first kappa shape index (κ1) is 20.5. The molecule has 3 rings (SSSR count). The van der Waals surface area contributed by atoms with Crippen molar-refractivity contribution < 1.29 is 9.53 Å². The van der Waals surface area contributed by atoms with Crippen molar-refractivity contribution in [2.75, 3.05) is 19.6 Å². The number of nitrogens with one attached hydrogen (secondary N) is 2. The Kier molecular flexibility index (Phi) is 6.46. The fraction of sp³-hybridized carbons (Fsp3) is 0.750. The second kappa shape index (κ2) is 8.84. The smallest absolute Gasteiger partial charge is 0.410 e. The molecule has 8 nitrogen and oxygen atoms in total. The summed E-state index contributed by atoms with van der Waals surface area (Å²) in [6, 6.07) is 2.79. The summed E-state index contributed by atoms with van der Waals surface area (Å²) in [6.07, 6.45) is 6.87. The van der Waals surface area contributed by atoms with E-state index in [1.807, 2.05) is 27.7 Å². The number of aliphatic imine (C=N–C) groups is 1. The fourth-order valence-electron chi connectivity index (χ4n) is 3.55. The fourth-order valence-corrected chi connectivity index (χ4v) is 3.55. The van der Waals surface area contributed by atoms with Crippen LogP contribution in [-0.2, 0) is 11.3 Å². The standard InChI is InChI=1S/C20H34N6O2/c1-5-21-18(23-16-13-25(14-16)19(27)28-20(2,3)4)22-12-15-10-11-26(24-15)17-8-6-7-9-17/h10-11,16-17H,5-9,12-14H2,1-4H3,(H2,21,22,23). The number of ether oxygens (including phenoxy) is 1. The molecule has 1 saturated heterocycles. The molecule has 0 radical (unpaired) electrons. The SMILES string of the molecule is CCNC(=NCc1ccn(C2CCCC2)n1)NC1CN(C(=O)OC(C)(C)C)C1. The number of aromatic nitrogens is 2. The van der Waals surface area contributed by atoms with Crippen LogP contribution in [0.3, 0.4) is 0 Å². The van der Waals surface area contributed by atoms with Crippen LogP contribution in [0.5, 0.6) is 0 Å². The number of nitrogens with zero attached hydrogens (tertiary/aromatic N) is 4. The molecule has 1 amide bonds. The van der Waals surface area contributed by atoms with Gasteiger partial charge in [0.25, 0.3) is 0 Å². The van der Waals surface area contributed by atoms with Gasteiger partial charge in [-0.25, -0.2) is 9.79 Å². The maximum Gasteiger partial charge on any atom is 0.410 e. The first-order chi connectivity index (χ1) is 13.3. The van der Waals surface area contributed by atoms with Gasteiger partial charge in [-0.3, -0.25) is 4.68 Å². The van der Waals surface area contributed by atoms with Gasteiger partial charge in [-0.1, -0.05) is 12.8 Å². The minimum atomic E-state index is -0.464. The molecular weight excluding hydrogens is 356 g/mol. The molecule has 2 N–H and O–H groups in total. The van der Waals surface area contributed by atoms with Gasteiger partial charge in [0.2, 0.25) is 0 Å². The van der Waals surface area contributed by atoms with Crippen LogP contribution < -0.4 is 10.6 Å². The molecule has 2 fully saturated rings. The van der Waals surface area contributed by atoms with Crippen molar-refractivity contribution in [3.8, 4) is 0 Å². The van der Waals surface area contributed by atoms with Crippen LogP contribution in [0.25, 0.3) is 0 Å². The van der Waals surface area contributed by atoms with Crippen LogP contribution in [0, 0.1) is 0 Å². The van der Waals surface area contributed by atoms with Gasteiger partial charge in [-0.15, -0.1) is 0 Å². The Labute approximate surface area is 167 Å². The van der Waals surface area contributed by atoms with E-state index in [9.17, 15) is 4.79 Å². The third-order valence-corrected chi connectivity index (χ3v) is 4.98.